The summed E-state index contributed by atoms with van der Waals surface area (Å²) in [7, 11) is 0. The van der Waals surface area contributed by atoms with Gasteiger partial charge in [-0.3, -0.25) is 19.7 Å². The van der Waals surface area contributed by atoms with Crippen LogP contribution in [0.5, 0.6) is 5.75 Å². The SMILES string of the molecule is CC(C)C(=O)NCCNC(=O)/C=C\c1cc([N+](=O)[O-])cc2c1OCOC2. The Morgan fingerprint density at radius 3 is 2.73 bits per heavy atom. The highest BCUT2D eigenvalue weighted by Crippen LogP contribution is 2.33. The van der Waals surface area contributed by atoms with Gasteiger partial charge in [0.15, 0.2) is 6.79 Å². The maximum Gasteiger partial charge on any atom is 0.270 e. The van der Waals surface area contributed by atoms with E-state index in [9.17, 15) is 19.7 Å². The van der Waals surface area contributed by atoms with E-state index in [0.29, 0.717) is 23.4 Å². The van der Waals surface area contributed by atoms with E-state index >= 15 is 0 Å². The molecule has 0 spiro atoms. The summed E-state index contributed by atoms with van der Waals surface area (Å²) in [5, 5.41) is 16.4. The van der Waals surface area contributed by atoms with E-state index in [2.05, 4.69) is 10.6 Å². The zero-order valence-electron chi connectivity index (χ0n) is 14.6. The van der Waals surface area contributed by atoms with Crippen molar-refractivity contribution < 1.29 is 24.0 Å². The standard InChI is InChI=1S/C17H21N3O6/c1-11(2)17(22)19-6-5-18-15(21)4-3-12-7-14(20(23)24)8-13-9-25-10-26-16(12)13/h3-4,7-8,11H,5-6,9-10H2,1-2H3,(H,18,21)(H,19,22)/b4-3-. The molecular formula is C17H21N3O6. The lowest BCUT2D eigenvalue weighted by Crippen LogP contribution is -2.35. The van der Waals surface area contributed by atoms with Crippen molar-refractivity contribution in [2.45, 2.75) is 20.5 Å². The highest BCUT2D eigenvalue weighted by molar-refractivity contribution is 5.92. The summed E-state index contributed by atoms with van der Waals surface area (Å²) in [6.45, 7) is 4.42. The smallest absolute Gasteiger partial charge is 0.270 e. The first-order valence-corrected chi connectivity index (χ1v) is 8.14. The van der Waals surface area contributed by atoms with Crippen LogP contribution in [0, 0.1) is 16.0 Å². The van der Waals surface area contributed by atoms with E-state index in [-0.39, 0.29) is 43.4 Å². The zero-order valence-corrected chi connectivity index (χ0v) is 14.6. The summed E-state index contributed by atoms with van der Waals surface area (Å²) in [6, 6.07) is 2.74. The Labute approximate surface area is 150 Å². The first-order valence-electron chi connectivity index (χ1n) is 8.14. The molecule has 0 unspecified atom stereocenters. The molecule has 0 fully saturated rings. The number of amides is 2. The van der Waals surface area contributed by atoms with Crippen LogP contribution in [0.15, 0.2) is 18.2 Å². The van der Waals surface area contributed by atoms with Gasteiger partial charge in [-0.15, -0.1) is 0 Å². The number of nitro benzene ring substituents is 1. The summed E-state index contributed by atoms with van der Waals surface area (Å²) in [6.07, 6.45) is 2.72. The van der Waals surface area contributed by atoms with E-state index in [4.69, 9.17) is 9.47 Å². The van der Waals surface area contributed by atoms with Crippen LogP contribution in [0.3, 0.4) is 0 Å². The molecule has 0 saturated carbocycles. The van der Waals surface area contributed by atoms with Crippen molar-refractivity contribution in [1.29, 1.82) is 0 Å². The highest BCUT2D eigenvalue weighted by Gasteiger charge is 2.19. The van der Waals surface area contributed by atoms with E-state index in [1.54, 1.807) is 13.8 Å². The minimum Gasteiger partial charge on any atom is -0.467 e. The van der Waals surface area contributed by atoms with Gasteiger partial charge in [0.05, 0.1) is 11.5 Å². The number of nitro groups is 1. The molecule has 1 aliphatic rings. The lowest BCUT2D eigenvalue weighted by Gasteiger charge is -2.19. The average molecular weight is 363 g/mol. The minimum atomic E-state index is -0.510. The number of ether oxygens (including phenoxy) is 2. The van der Waals surface area contributed by atoms with Crippen LogP contribution in [0.4, 0.5) is 5.69 Å². The maximum atomic E-state index is 11.9. The second-order valence-electron chi connectivity index (χ2n) is 5.96. The zero-order chi connectivity index (χ0) is 19.1. The topological polar surface area (TPSA) is 120 Å². The Bertz CT molecular complexity index is 729. The van der Waals surface area contributed by atoms with E-state index in [1.165, 1.54) is 24.3 Å². The van der Waals surface area contributed by atoms with Gasteiger partial charge < -0.3 is 20.1 Å². The van der Waals surface area contributed by atoms with E-state index in [0.717, 1.165) is 0 Å². The number of hydrogen-bond donors (Lipinski definition) is 2. The number of nitrogens with zero attached hydrogens (tertiary/aromatic N) is 1. The van der Waals surface area contributed by atoms with Crippen LogP contribution in [0.25, 0.3) is 6.08 Å². The van der Waals surface area contributed by atoms with E-state index < -0.39 is 4.92 Å². The number of benzene rings is 1. The van der Waals surface area contributed by atoms with Crippen LogP contribution in [-0.2, 0) is 20.9 Å². The molecule has 1 aromatic carbocycles. The number of carbonyl (C=O) groups is 2. The second-order valence-corrected chi connectivity index (χ2v) is 5.96. The molecule has 1 aliphatic heterocycles. The molecule has 0 aromatic heterocycles. The van der Waals surface area contributed by atoms with Crippen molar-refractivity contribution >= 4 is 23.6 Å². The van der Waals surface area contributed by atoms with Crippen molar-refractivity contribution in [1.82, 2.24) is 10.6 Å². The van der Waals surface area contributed by atoms with Crippen LogP contribution in [0.2, 0.25) is 0 Å². The molecule has 0 bridgehead atoms. The van der Waals surface area contributed by atoms with Crippen LogP contribution in [0.1, 0.15) is 25.0 Å². The van der Waals surface area contributed by atoms with Crippen LogP contribution >= 0.6 is 0 Å². The molecular weight excluding hydrogens is 342 g/mol. The number of carbonyl (C=O) groups excluding carboxylic acids is 2. The Kier molecular flexibility index (Phi) is 6.67. The average Bonchev–Trinajstić information content (AvgIpc) is 2.62. The summed E-state index contributed by atoms with van der Waals surface area (Å²) < 4.78 is 10.5. The lowest BCUT2D eigenvalue weighted by atomic mass is 10.1. The Morgan fingerprint density at radius 2 is 2.04 bits per heavy atom. The Morgan fingerprint density at radius 1 is 1.31 bits per heavy atom. The summed E-state index contributed by atoms with van der Waals surface area (Å²) in [5.41, 5.74) is 0.886. The van der Waals surface area contributed by atoms with Gasteiger partial charge in [-0.05, 0) is 6.08 Å². The van der Waals surface area contributed by atoms with Crippen molar-refractivity contribution in [2.24, 2.45) is 5.92 Å². The lowest BCUT2D eigenvalue weighted by molar-refractivity contribution is -0.385. The first kappa shape index (κ1) is 19.4. The number of rotatable bonds is 7. The van der Waals surface area contributed by atoms with Crippen molar-refractivity contribution in [3.63, 3.8) is 0 Å². The molecule has 2 amide bonds. The molecule has 0 saturated heterocycles. The third-order valence-corrected chi connectivity index (χ3v) is 3.60. The molecule has 2 N–H and O–H groups in total. The Balaban J connectivity index is 1.98. The summed E-state index contributed by atoms with van der Waals surface area (Å²) in [4.78, 5) is 33.8. The molecule has 9 heteroatoms. The molecule has 0 radical (unpaired) electrons. The summed E-state index contributed by atoms with van der Waals surface area (Å²) in [5.74, 6) is -0.113. The minimum absolute atomic E-state index is 0.0490. The number of hydrogen-bond acceptors (Lipinski definition) is 6. The number of nitrogens with one attached hydrogen (secondary N) is 2. The molecule has 2 rings (SSSR count). The fraction of sp³-hybridized carbons (Fsp3) is 0.412. The molecule has 0 aliphatic carbocycles. The Hall–Kier alpha value is -2.94. The normalized spacial score (nSPS) is 13.2. The van der Waals surface area contributed by atoms with E-state index in [1.807, 2.05) is 0 Å². The van der Waals surface area contributed by atoms with Crippen LogP contribution < -0.4 is 15.4 Å². The predicted octanol–water partition coefficient (Wildman–Crippen LogP) is 1.36. The second kappa shape index (κ2) is 8.95. The van der Waals surface area contributed by atoms with Gasteiger partial charge in [0.2, 0.25) is 11.8 Å². The number of non-ortho nitro benzene ring substituents is 1. The van der Waals surface area contributed by atoms with Crippen molar-refractivity contribution in [3.8, 4) is 5.75 Å². The first-order chi connectivity index (χ1) is 12.4. The predicted molar refractivity (Wildman–Crippen MR) is 93.3 cm³/mol. The van der Waals surface area contributed by atoms with Gasteiger partial charge in [0, 0.05) is 48.3 Å². The van der Waals surface area contributed by atoms with Gasteiger partial charge in [0.1, 0.15) is 5.75 Å². The fourth-order valence-corrected chi connectivity index (χ4v) is 2.26. The molecule has 1 heterocycles. The van der Waals surface area contributed by atoms with Gasteiger partial charge in [-0.2, -0.15) is 0 Å². The fourth-order valence-electron chi connectivity index (χ4n) is 2.26. The summed E-state index contributed by atoms with van der Waals surface area (Å²) >= 11 is 0. The van der Waals surface area contributed by atoms with Crippen LogP contribution in [-0.4, -0.2) is 36.6 Å². The highest BCUT2D eigenvalue weighted by atomic mass is 16.7. The monoisotopic (exact) mass is 363 g/mol. The largest absolute Gasteiger partial charge is 0.467 e. The van der Waals surface area contributed by atoms with Gasteiger partial charge >= 0.3 is 0 Å². The third-order valence-electron chi connectivity index (χ3n) is 3.60. The third kappa shape index (κ3) is 5.28. The molecule has 26 heavy (non-hydrogen) atoms. The van der Waals surface area contributed by atoms with Crippen molar-refractivity contribution in [2.75, 3.05) is 19.9 Å². The molecule has 9 nitrogen and oxygen atoms in total. The molecule has 0 atom stereocenters. The van der Waals surface area contributed by atoms with Gasteiger partial charge in [-0.1, -0.05) is 13.8 Å². The maximum absolute atomic E-state index is 11.9. The van der Waals surface area contributed by atoms with Gasteiger partial charge in [0.25, 0.3) is 5.69 Å². The molecule has 1 aromatic rings. The number of fused-ring (bicyclic) bond motifs is 1. The van der Waals surface area contributed by atoms with Crippen molar-refractivity contribution in [3.05, 3.63) is 39.4 Å². The molecule has 140 valence electrons. The van der Waals surface area contributed by atoms with Gasteiger partial charge in [-0.25, -0.2) is 0 Å². The quantitative estimate of drug-likeness (QED) is 0.327.